The molecule has 0 aromatic heterocycles. The van der Waals surface area contributed by atoms with Gasteiger partial charge in [0.25, 0.3) is 0 Å². The number of rotatable bonds is 6. The first-order valence-corrected chi connectivity index (χ1v) is 24.3. The quantitative estimate of drug-likeness (QED) is 0.161. The number of hydrogen-bond acceptors (Lipinski definition) is 1. The van der Waals surface area contributed by atoms with E-state index in [0.29, 0.717) is 5.92 Å². The van der Waals surface area contributed by atoms with Crippen molar-refractivity contribution >= 4 is 17.1 Å². The monoisotopic (exact) mass is 821 g/mol. The molecule has 0 radical (unpaired) electrons. The Morgan fingerprint density at radius 1 is 0.375 bits per heavy atom. The summed E-state index contributed by atoms with van der Waals surface area (Å²) in [5, 5.41) is 0. The average Bonchev–Trinajstić information content (AvgIpc) is 4.23. The molecule has 1 nitrogen and oxygen atoms in total. The molecule has 8 atom stereocenters. The Morgan fingerprint density at radius 3 is 1.64 bits per heavy atom. The average molecular weight is 822 g/mol. The van der Waals surface area contributed by atoms with Crippen LogP contribution in [0.5, 0.6) is 0 Å². The molecule has 8 aromatic rings. The van der Waals surface area contributed by atoms with Crippen LogP contribution in [0.1, 0.15) is 67.2 Å². The fourth-order valence-electron chi connectivity index (χ4n) is 16.1. The highest BCUT2D eigenvalue weighted by Crippen LogP contribution is 2.78. The maximum Gasteiger partial charge on any atom is 0.0540 e. The lowest BCUT2D eigenvalue weighted by Crippen LogP contribution is -2.39. The van der Waals surface area contributed by atoms with E-state index in [0.717, 1.165) is 29.6 Å². The van der Waals surface area contributed by atoms with Gasteiger partial charge >= 0.3 is 0 Å². The van der Waals surface area contributed by atoms with Crippen LogP contribution in [0.25, 0.3) is 55.6 Å². The number of anilines is 3. The van der Waals surface area contributed by atoms with E-state index in [1.807, 2.05) is 0 Å². The minimum absolute atomic E-state index is 0.0947. The van der Waals surface area contributed by atoms with Gasteiger partial charge in [-0.15, -0.1) is 0 Å². The Morgan fingerprint density at radius 2 is 0.969 bits per heavy atom. The van der Waals surface area contributed by atoms with Crippen LogP contribution in [-0.4, -0.2) is 0 Å². The Kier molecular flexibility index (Phi) is 7.35. The summed E-state index contributed by atoms with van der Waals surface area (Å²) >= 11 is 0. The number of nitrogens with zero attached hydrogens (tertiary/aromatic N) is 1. The molecule has 0 N–H and O–H groups in total. The standard InChI is InChI=1S/C63H51N/c1-3-13-40(14-4-1)46-17-7-8-18-47(46)42-24-32-61(53(34-42)41-15-5-2-6-16-41)64(44-26-28-50-48-19-9-11-21-55(48)62(58(50)35-44)38-39-23-25-43(62)33-39)45-27-29-51-49-20-10-12-22-56(49)63(59(51)36-45)57-31-30-52-54(57)37-60(52)63/h1-22,24,26-29,32,34-36,39,43,52,54,57,60H,23,25,30-31,33,37-38H2/t39?,43?,52?,54?,57?,60-,62?,63?/m0/s1. The Bertz CT molecular complexity index is 3220. The van der Waals surface area contributed by atoms with Crippen molar-refractivity contribution in [3.63, 3.8) is 0 Å². The molecule has 15 rings (SSSR count). The summed E-state index contributed by atoms with van der Waals surface area (Å²) < 4.78 is 0. The molecular weight excluding hydrogens is 771 g/mol. The first-order valence-electron chi connectivity index (χ1n) is 24.3. The Balaban J connectivity index is 0.977. The smallest absolute Gasteiger partial charge is 0.0540 e. The fraction of sp³-hybridized carbons (Fsp3) is 0.238. The fourth-order valence-corrected chi connectivity index (χ4v) is 16.1. The van der Waals surface area contributed by atoms with Crippen molar-refractivity contribution in [2.75, 3.05) is 4.90 Å². The van der Waals surface area contributed by atoms with Crippen LogP contribution in [0.4, 0.5) is 17.1 Å². The van der Waals surface area contributed by atoms with E-state index in [2.05, 4.69) is 193 Å². The van der Waals surface area contributed by atoms with E-state index in [9.17, 15) is 0 Å². The van der Waals surface area contributed by atoms with Crippen molar-refractivity contribution in [3.8, 4) is 55.6 Å². The predicted molar refractivity (Wildman–Crippen MR) is 263 cm³/mol. The van der Waals surface area contributed by atoms with E-state index in [4.69, 9.17) is 0 Å². The molecule has 2 spiro atoms. The van der Waals surface area contributed by atoms with Crippen molar-refractivity contribution in [1.29, 1.82) is 0 Å². The Hall–Kier alpha value is -6.44. The van der Waals surface area contributed by atoms with Crippen molar-refractivity contribution in [2.45, 2.75) is 55.8 Å². The molecule has 1 heteroatoms. The topological polar surface area (TPSA) is 3.24 Å². The van der Waals surface area contributed by atoms with Crippen LogP contribution in [0.2, 0.25) is 0 Å². The lowest BCUT2D eigenvalue weighted by atomic mass is 9.60. The summed E-state index contributed by atoms with van der Waals surface area (Å²) in [6, 6.07) is 72.6. The second-order valence-electron chi connectivity index (χ2n) is 20.7. The summed E-state index contributed by atoms with van der Waals surface area (Å²) in [5.74, 6) is 4.79. The van der Waals surface area contributed by atoms with E-state index in [-0.39, 0.29) is 10.8 Å². The van der Waals surface area contributed by atoms with Crippen LogP contribution >= 0.6 is 0 Å². The Labute approximate surface area is 377 Å². The van der Waals surface area contributed by atoms with Gasteiger partial charge in [-0.1, -0.05) is 158 Å². The van der Waals surface area contributed by atoms with E-state index in [1.165, 1.54) is 118 Å². The molecule has 64 heavy (non-hydrogen) atoms. The van der Waals surface area contributed by atoms with E-state index in [1.54, 1.807) is 22.3 Å². The summed E-state index contributed by atoms with van der Waals surface area (Å²) in [6.45, 7) is 0. The summed E-state index contributed by atoms with van der Waals surface area (Å²) in [7, 11) is 0. The van der Waals surface area contributed by atoms with Crippen LogP contribution in [0, 0.1) is 35.5 Å². The van der Waals surface area contributed by atoms with Gasteiger partial charge in [-0.25, -0.2) is 0 Å². The first-order chi connectivity index (χ1) is 31.7. The largest absolute Gasteiger partial charge is 0.310 e. The summed E-state index contributed by atoms with van der Waals surface area (Å²) in [5.41, 5.74) is 23.7. The van der Waals surface area contributed by atoms with E-state index >= 15 is 0 Å². The lowest BCUT2D eigenvalue weighted by molar-refractivity contribution is 0.141. The molecule has 0 heterocycles. The van der Waals surface area contributed by atoms with Gasteiger partial charge in [0.2, 0.25) is 0 Å². The normalized spacial score (nSPS) is 27.7. The molecule has 6 bridgehead atoms. The summed E-state index contributed by atoms with van der Waals surface area (Å²) in [4.78, 5) is 2.67. The molecular formula is C63H51N. The minimum atomic E-state index is 0.0947. The van der Waals surface area contributed by atoms with Crippen LogP contribution < -0.4 is 4.90 Å². The molecule has 7 unspecified atom stereocenters. The third-order valence-electron chi connectivity index (χ3n) is 18.4. The molecule has 5 fully saturated rings. The number of hydrogen-bond donors (Lipinski definition) is 0. The first kappa shape index (κ1) is 36.0. The predicted octanol–water partition coefficient (Wildman–Crippen LogP) is 16.2. The van der Waals surface area contributed by atoms with Gasteiger partial charge in [0.05, 0.1) is 5.69 Å². The highest BCUT2D eigenvalue weighted by molar-refractivity contribution is 5.95. The van der Waals surface area contributed by atoms with Gasteiger partial charge in [0.1, 0.15) is 0 Å². The molecule has 0 amide bonds. The second kappa shape index (κ2) is 13.1. The van der Waals surface area contributed by atoms with Crippen molar-refractivity contribution in [2.24, 2.45) is 35.5 Å². The van der Waals surface area contributed by atoms with Crippen LogP contribution in [-0.2, 0) is 10.8 Å². The van der Waals surface area contributed by atoms with Crippen molar-refractivity contribution in [3.05, 3.63) is 210 Å². The van der Waals surface area contributed by atoms with Gasteiger partial charge in [-0.2, -0.15) is 0 Å². The second-order valence-corrected chi connectivity index (χ2v) is 20.7. The lowest BCUT2D eigenvalue weighted by Gasteiger charge is -2.43. The van der Waals surface area contributed by atoms with Gasteiger partial charge in [-0.05, 0) is 183 Å². The molecule has 7 aliphatic carbocycles. The van der Waals surface area contributed by atoms with Gasteiger partial charge in [-0.3, -0.25) is 0 Å². The minimum Gasteiger partial charge on any atom is -0.310 e. The third kappa shape index (κ3) is 4.55. The molecule has 0 saturated heterocycles. The van der Waals surface area contributed by atoms with Gasteiger partial charge in [0, 0.05) is 27.8 Å². The van der Waals surface area contributed by atoms with Crippen LogP contribution in [0.3, 0.4) is 0 Å². The third-order valence-corrected chi connectivity index (χ3v) is 18.4. The highest BCUT2D eigenvalue weighted by Gasteiger charge is 2.73. The zero-order valence-electron chi connectivity index (χ0n) is 36.3. The molecule has 8 aromatic carbocycles. The summed E-state index contributed by atoms with van der Waals surface area (Å²) in [6.07, 6.45) is 9.56. The highest BCUT2D eigenvalue weighted by atomic mass is 15.1. The van der Waals surface area contributed by atoms with Crippen LogP contribution in [0.15, 0.2) is 188 Å². The zero-order valence-corrected chi connectivity index (χ0v) is 36.3. The molecule has 308 valence electrons. The maximum absolute atomic E-state index is 2.69. The molecule has 0 aliphatic heterocycles. The SMILES string of the molecule is c1ccc(-c2ccccc2-c2ccc(N(c3ccc4c(c3)C3(CC5CCC3C5)c3ccccc3-4)c3ccc4c(c3)C3(c5ccccc5-4)C4CCC5C4C[C@@H]53)c(-c3ccccc3)c2)cc1. The van der Waals surface area contributed by atoms with Crippen molar-refractivity contribution in [1.82, 2.24) is 0 Å². The number of benzene rings is 8. The van der Waals surface area contributed by atoms with Gasteiger partial charge in [0.15, 0.2) is 0 Å². The van der Waals surface area contributed by atoms with Gasteiger partial charge < -0.3 is 4.90 Å². The molecule has 7 aliphatic rings. The van der Waals surface area contributed by atoms with Crippen molar-refractivity contribution < 1.29 is 0 Å². The maximum atomic E-state index is 2.69. The molecule has 5 saturated carbocycles. The van der Waals surface area contributed by atoms with E-state index < -0.39 is 0 Å². The zero-order chi connectivity index (χ0) is 41.7. The number of fused-ring (bicyclic) bond motifs is 15.